The highest BCUT2D eigenvalue weighted by Crippen LogP contribution is 2.17. The van der Waals surface area contributed by atoms with Gasteiger partial charge in [-0.3, -0.25) is 0 Å². The van der Waals surface area contributed by atoms with E-state index in [4.69, 9.17) is 11.6 Å². The van der Waals surface area contributed by atoms with Gasteiger partial charge in [0, 0.05) is 6.20 Å². The molecule has 15 heavy (non-hydrogen) atoms. The number of hydrogen-bond acceptors (Lipinski definition) is 3. The maximum atomic E-state index is 5.87. The second-order valence-electron chi connectivity index (χ2n) is 3.96. The van der Waals surface area contributed by atoms with E-state index in [1.165, 1.54) is 0 Å². The lowest BCUT2D eigenvalue weighted by Crippen LogP contribution is -2.34. The average Bonchev–Trinajstić information content (AvgIpc) is 2.61. The van der Waals surface area contributed by atoms with Crippen molar-refractivity contribution in [2.24, 2.45) is 0 Å². The molecule has 0 aliphatic rings. The fourth-order valence-corrected chi connectivity index (χ4v) is 1.39. The molecule has 2 heterocycles. The van der Waals surface area contributed by atoms with Crippen LogP contribution in [0.15, 0.2) is 18.3 Å². The van der Waals surface area contributed by atoms with E-state index in [0.717, 1.165) is 11.5 Å². The summed E-state index contributed by atoms with van der Waals surface area (Å²) in [5.41, 5.74) is 0.566. The first-order chi connectivity index (χ1) is 7.03. The van der Waals surface area contributed by atoms with Crippen LogP contribution in [0.2, 0.25) is 5.02 Å². The predicted molar refractivity (Wildman–Crippen MR) is 60.1 cm³/mol. The van der Waals surface area contributed by atoms with Gasteiger partial charge in [0.2, 0.25) is 0 Å². The lowest BCUT2D eigenvalue weighted by Gasteiger charge is -2.19. The lowest BCUT2D eigenvalue weighted by atomic mass is 10.1. The van der Waals surface area contributed by atoms with Gasteiger partial charge in [-0.1, -0.05) is 11.6 Å². The minimum absolute atomic E-state index is 0.238. The Balaban J connectivity index is 2.56. The smallest absolute Gasteiger partial charge is 0.171 e. The lowest BCUT2D eigenvalue weighted by molar-refractivity contribution is 0.417. The van der Waals surface area contributed by atoms with Gasteiger partial charge in [0.25, 0.3) is 0 Å². The molecule has 0 saturated carbocycles. The molecule has 0 saturated heterocycles. The monoisotopic (exact) mass is 224 g/mol. The van der Waals surface area contributed by atoms with Gasteiger partial charge in [-0.2, -0.15) is 0 Å². The van der Waals surface area contributed by atoms with E-state index in [-0.39, 0.29) is 5.54 Å². The summed E-state index contributed by atoms with van der Waals surface area (Å²) in [6.45, 7) is 4.06. The van der Waals surface area contributed by atoms with Crippen molar-refractivity contribution in [3.63, 3.8) is 0 Å². The van der Waals surface area contributed by atoms with Crippen molar-refractivity contribution in [1.29, 1.82) is 0 Å². The molecule has 0 fully saturated rings. The molecule has 2 aromatic rings. The molecule has 0 aliphatic heterocycles. The van der Waals surface area contributed by atoms with Gasteiger partial charge in [0.1, 0.15) is 0 Å². The Labute approximate surface area is 93.3 Å². The van der Waals surface area contributed by atoms with E-state index in [1.807, 2.05) is 33.0 Å². The third-order valence-electron chi connectivity index (χ3n) is 2.48. The summed E-state index contributed by atoms with van der Waals surface area (Å²) < 4.78 is 1.69. The molecular weight excluding hydrogens is 212 g/mol. The van der Waals surface area contributed by atoms with Crippen molar-refractivity contribution < 1.29 is 0 Å². The van der Waals surface area contributed by atoms with Gasteiger partial charge >= 0.3 is 0 Å². The number of nitrogens with zero attached hydrogens (tertiary/aromatic N) is 3. The van der Waals surface area contributed by atoms with Crippen molar-refractivity contribution in [1.82, 2.24) is 19.9 Å². The van der Waals surface area contributed by atoms with Crippen LogP contribution in [-0.4, -0.2) is 21.6 Å². The molecule has 0 aromatic carbocycles. The zero-order chi connectivity index (χ0) is 11.1. The molecule has 0 bridgehead atoms. The topological polar surface area (TPSA) is 42.2 Å². The van der Waals surface area contributed by atoms with E-state index in [9.17, 15) is 0 Å². The van der Waals surface area contributed by atoms with Gasteiger partial charge in [-0.15, -0.1) is 5.10 Å². The zero-order valence-electron chi connectivity index (χ0n) is 8.95. The van der Waals surface area contributed by atoms with E-state index >= 15 is 0 Å². The number of aromatic nitrogens is 3. The normalized spacial score (nSPS) is 12.3. The summed E-state index contributed by atoms with van der Waals surface area (Å²) in [7, 11) is 1.89. The molecule has 0 aliphatic carbocycles. The van der Waals surface area contributed by atoms with Crippen LogP contribution >= 0.6 is 11.6 Å². The molecule has 0 amide bonds. The molecule has 0 unspecified atom stereocenters. The summed E-state index contributed by atoms with van der Waals surface area (Å²) in [4.78, 5) is 4.43. The Morgan fingerprint density at radius 1 is 1.40 bits per heavy atom. The van der Waals surface area contributed by atoms with Gasteiger partial charge in [0.15, 0.2) is 11.5 Å². The van der Waals surface area contributed by atoms with Crippen LogP contribution in [0.3, 0.4) is 0 Å². The second kappa shape index (κ2) is 3.47. The standard InChI is InChI=1S/C10H13ClN4/c1-10(2,12-3)9-13-8-5-4-7(11)6-15(8)14-9/h4-6,12H,1-3H3. The maximum absolute atomic E-state index is 5.87. The first kappa shape index (κ1) is 10.4. The van der Waals surface area contributed by atoms with Gasteiger partial charge < -0.3 is 5.32 Å². The molecule has 0 spiro atoms. The van der Waals surface area contributed by atoms with Crippen LogP contribution < -0.4 is 5.32 Å². The highest BCUT2D eigenvalue weighted by atomic mass is 35.5. The first-order valence-electron chi connectivity index (χ1n) is 4.74. The third-order valence-corrected chi connectivity index (χ3v) is 2.70. The van der Waals surface area contributed by atoms with Crippen LogP contribution in [0, 0.1) is 0 Å². The quantitative estimate of drug-likeness (QED) is 0.847. The number of fused-ring (bicyclic) bond motifs is 1. The average molecular weight is 225 g/mol. The van der Waals surface area contributed by atoms with E-state index < -0.39 is 0 Å². The molecule has 1 N–H and O–H groups in total. The molecule has 4 nitrogen and oxygen atoms in total. The summed E-state index contributed by atoms with van der Waals surface area (Å²) in [6, 6.07) is 3.66. The fraction of sp³-hybridized carbons (Fsp3) is 0.400. The zero-order valence-corrected chi connectivity index (χ0v) is 9.71. The van der Waals surface area contributed by atoms with Crippen molar-refractivity contribution in [2.75, 3.05) is 7.05 Å². The summed E-state index contributed by atoms with van der Waals surface area (Å²) >= 11 is 5.87. The van der Waals surface area contributed by atoms with E-state index in [0.29, 0.717) is 5.02 Å². The number of nitrogens with one attached hydrogen (secondary N) is 1. The molecule has 2 aromatic heterocycles. The maximum Gasteiger partial charge on any atom is 0.171 e. The van der Waals surface area contributed by atoms with E-state index in [1.54, 1.807) is 10.7 Å². The number of pyridine rings is 1. The Morgan fingerprint density at radius 2 is 2.13 bits per heavy atom. The summed E-state index contributed by atoms with van der Waals surface area (Å²) in [5, 5.41) is 8.19. The van der Waals surface area contributed by atoms with Crippen molar-refractivity contribution in [3.8, 4) is 0 Å². The van der Waals surface area contributed by atoms with Crippen LogP contribution in [-0.2, 0) is 5.54 Å². The first-order valence-corrected chi connectivity index (χ1v) is 5.12. The third kappa shape index (κ3) is 1.82. The fourth-order valence-electron chi connectivity index (χ4n) is 1.23. The second-order valence-corrected chi connectivity index (χ2v) is 4.40. The Bertz CT molecular complexity index is 489. The van der Waals surface area contributed by atoms with Crippen molar-refractivity contribution in [3.05, 3.63) is 29.2 Å². The van der Waals surface area contributed by atoms with Crippen LogP contribution in [0.1, 0.15) is 19.7 Å². The molecular formula is C10H13ClN4. The van der Waals surface area contributed by atoms with Gasteiger partial charge in [-0.25, -0.2) is 9.50 Å². The predicted octanol–water partition coefficient (Wildman–Crippen LogP) is 1.84. The van der Waals surface area contributed by atoms with Crippen LogP contribution in [0.4, 0.5) is 0 Å². The number of hydrogen-bond donors (Lipinski definition) is 1. The number of rotatable bonds is 2. The molecule has 80 valence electrons. The Kier molecular flexibility index (Phi) is 2.40. The van der Waals surface area contributed by atoms with E-state index in [2.05, 4.69) is 15.4 Å². The van der Waals surface area contributed by atoms with Crippen molar-refractivity contribution in [2.45, 2.75) is 19.4 Å². The van der Waals surface area contributed by atoms with Crippen LogP contribution in [0.25, 0.3) is 5.65 Å². The Hall–Kier alpha value is -1.13. The van der Waals surface area contributed by atoms with Gasteiger partial charge in [0.05, 0.1) is 10.6 Å². The van der Waals surface area contributed by atoms with Gasteiger partial charge in [-0.05, 0) is 33.0 Å². The summed E-state index contributed by atoms with van der Waals surface area (Å²) in [5.74, 6) is 0.757. The minimum Gasteiger partial charge on any atom is -0.308 e. The minimum atomic E-state index is -0.238. The Morgan fingerprint density at radius 3 is 2.80 bits per heavy atom. The highest BCUT2D eigenvalue weighted by Gasteiger charge is 2.23. The molecule has 2 rings (SSSR count). The molecule has 5 heteroatoms. The highest BCUT2D eigenvalue weighted by molar-refractivity contribution is 6.30. The SMILES string of the molecule is CNC(C)(C)c1nc2ccc(Cl)cn2n1. The van der Waals surface area contributed by atoms with Crippen LogP contribution in [0.5, 0.6) is 0 Å². The number of halogens is 1. The molecule has 0 atom stereocenters. The van der Waals surface area contributed by atoms with Crippen molar-refractivity contribution >= 4 is 17.2 Å². The largest absolute Gasteiger partial charge is 0.308 e. The molecule has 0 radical (unpaired) electrons. The summed E-state index contributed by atoms with van der Waals surface area (Å²) in [6.07, 6.45) is 1.75.